The lowest BCUT2D eigenvalue weighted by atomic mass is 10.0. The van der Waals surface area contributed by atoms with Crippen LogP contribution in [0.3, 0.4) is 0 Å². The van der Waals surface area contributed by atoms with Crippen molar-refractivity contribution < 1.29 is 19.0 Å². The minimum atomic E-state index is -0.298. The smallest absolute Gasteiger partial charge is 0.410 e. The van der Waals surface area contributed by atoms with Crippen molar-refractivity contribution in [2.75, 3.05) is 18.0 Å². The molecule has 0 aromatic heterocycles. The summed E-state index contributed by atoms with van der Waals surface area (Å²) in [7, 11) is 0. The van der Waals surface area contributed by atoms with Crippen LogP contribution in [0.4, 0.5) is 14.9 Å². The average Bonchev–Trinajstić information content (AvgIpc) is 2.87. The number of carbonyl (C=O) groups excluding carboxylic acids is 1. The van der Waals surface area contributed by atoms with E-state index in [4.69, 9.17) is 4.74 Å². The topological polar surface area (TPSA) is 53.0 Å². The van der Waals surface area contributed by atoms with Gasteiger partial charge in [0, 0.05) is 18.6 Å². The average molecular weight is 348 g/mol. The highest BCUT2D eigenvalue weighted by Gasteiger charge is 2.44. The number of aliphatic hydroxyl groups excluding tert-OH is 1. The van der Waals surface area contributed by atoms with Crippen LogP contribution in [0.5, 0.6) is 0 Å². The SMILES string of the molecule is O=C(OC1CCCN(c2ccccc2F)C1)N1C2CCC1CC(O)C2. The molecule has 3 unspecified atom stereocenters. The first-order valence-electron chi connectivity index (χ1n) is 9.28. The van der Waals surface area contributed by atoms with Crippen LogP contribution in [-0.2, 0) is 4.74 Å². The Hall–Kier alpha value is -1.82. The quantitative estimate of drug-likeness (QED) is 0.893. The number of fused-ring (bicyclic) bond motifs is 2. The summed E-state index contributed by atoms with van der Waals surface area (Å²) in [4.78, 5) is 16.5. The maximum Gasteiger partial charge on any atom is 0.410 e. The van der Waals surface area contributed by atoms with E-state index in [1.807, 2.05) is 15.9 Å². The first kappa shape index (κ1) is 16.6. The van der Waals surface area contributed by atoms with E-state index in [9.17, 15) is 14.3 Å². The summed E-state index contributed by atoms with van der Waals surface area (Å²) in [6, 6.07) is 6.94. The molecule has 0 radical (unpaired) electrons. The maximum absolute atomic E-state index is 14.0. The zero-order chi connectivity index (χ0) is 17.4. The second-order valence-electron chi connectivity index (χ2n) is 7.46. The maximum atomic E-state index is 14.0. The molecule has 0 spiro atoms. The van der Waals surface area contributed by atoms with Crippen LogP contribution in [-0.4, -0.2) is 53.5 Å². The second kappa shape index (κ2) is 6.83. The number of nitrogens with zero attached hydrogens (tertiary/aromatic N) is 2. The zero-order valence-electron chi connectivity index (χ0n) is 14.3. The number of aliphatic hydroxyl groups is 1. The number of halogens is 1. The first-order chi connectivity index (χ1) is 12.1. The summed E-state index contributed by atoms with van der Waals surface area (Å²) in [6.07, 6.45) is 4.10. The molecule has 1 aromatic carbocycles. The molecule has 1 amide bonds. The molecule has 4 rings (SSSR count). The highest BCUT2D eigenvalue weighted by atomic mass is 19.1. The van der Waals surface area contributed by atoms with Crippen LogP contribution in [0.1, 0.15) is 38.5 Å². The predicted molar refractivity (Wildman–Crippen MR) is 92.0 cm³/mol. The Morgan fingerprint density at radius 3 is 2.60 bits per heavy atom. The number of rotatable bonds is 2. The van der Waals surface area contributed by atoms with Crippen LogP contribution in [0, 0.1) is 5.82 Å². The van der Waals surface area contributed by atoms with Crippen LogP contribution in [0.15, 0.2) is 24.3 Å². The molecule has 3 atom stereocenters. The Morgan fingerprint density at radius 2 is 1.88 bits per heavy atom. The van der Waals surface area contributed by atoms with Gasteiger partial charge < -0.3 is 19.6 Å². The van der Waals surface area contributed by atoms with Crippen LogP contribution < -0.4 is 4.90 Å². The number of benzene rings is 1. The molecule has 3 saturated heterocycles. The molecule has 0 saturated carbocycles. The fraction of sp³-hybridized carbons (Fsp3) is 0.632. The van der Waals surface area contributed by atoms with Crippen molar-refractivity contribution in [1.29, 1.82) is 0 Å². The molecule has 136 valence electrons. The van der Waals surface area contributed by atoms with Gasteiger partial charge in [0.1, 0.15) is 11.9 Å². The van der Waals surface area contributed by atoms with Crippen molar-refractivity contribution in [3.8, 4) is 0 Å². The standard InChI is InChI=1S/C19H25FN2O3/c20-17-5-1-2-6-18(17)21-9-3-4-16(12-21)25-19(24)22-13-7-8-14(22)11-15(23)10-13/h1-2,5-6,13-16,23H,3-4,7-12H2. The van der Waals surface area contributed by atoms with Gasteiger partial charge in [-0.25, -0.2) is 9.18 Å². The van der Waals surface area contributed by atoms with Crippen LogP contribution in [0.2, 0.25) is 0 Å². The molecule has 3 heterocycles. The summed E-state index contributed by atoms with van der Waals surface area (Å²) >= 11 is 0. The lowest BCUT2D eigenvalue weighted by Gasteiger charge is -2.39. The van der Waals surface area contributed by atoms with E-state index in [0.29, 0.717) is 25.1 Å². The molecule has 2 bridgehead atoms. The normalized spacial score (nSPS) is 31.9. The van der Waals surface area contributed by atoms with Crippen molar-refractivity contribution in [2.45, 2.75) is 62.8 Å². The third-order valence-electron chi connectivity index (χ3n) is 5.76. The Labute approximate surface area is 147 Å². The number of hydrogen-bond donors (Lipinski definition) is 1. The van der Waals surface area contributed by atoms with Crippen molar-refractivity contribution in [2.24, 2.45) is 0 Å². The Balaban J connectivity index is 1.39. The van der Waals surface area contributed by atoms with E-state index < -0.39 is 0 Å². The molecule has 0 aliphatic carbocycles. The second-order valence-corrected chi connectivity index (χ2v) is 7.46. The fourth-order valence-corrected chi connectivity index (χ4v) is 4.61. The van der Waals surface area contributed by atoms with Crippen molar-refractivity contribution in [3.05, 3.63) is 30.1 Å². The fourth-order valence-electron chi connectivity index (χ4n) is 4.61. The third kappa shape index (κ3) is 3.32. The van der Waals surface area contributed by atoms with E-state index in [1.165, 1.54) is 6.07 Å². The summed E-state index contributed by atoms with van der Waals surface area (Å²) in [5.74, 6) is -0.238. The first-order valence-corrected chi connectivity index (χ1v) is 9.28. The van der Waals surface area contributed by atoms with Gasteiger partial charge in [0.25, 0.3) is 0 Å². The summed E-state index contributed by atoms with van der Waals surface area (Å²) in [5.41, 5.74) is 0.574. The Kier molecular flexibility index (Phi) is 4.54. The molecule has 5 nitrogen and oxygen atoms in total. The Bertz CT molecular complexity index is 627. The number of ether oxygens (including phenoxy) is 1. The van der Waals surface area contributed by atoms with Gasteiger partial charge in [-0.2, -0.15) is 0 Å². The van der Waals surface area contributed by atoms with Gasteiger partial charge >= 0.3 is 6.09 Å². The molecule has 1 N–H and O–H groups in total. The molecular formula is C19H25FN2O3. The molecule has 3 aliphatic heterocycles. The van der Waals surface area contributed by atoms with Gasteiger partial charge in [-0.3, -0.25) is 0 Å². The molecule has 1 aromatic rings. The highest BCUT2D eigenvalue weighted by molar-refractivity contribution is 5.69. The molecule has 6 heteroatoms. The molecular weight excluding hydrogens is 323 g/mol. The van der Waals surface area contributed by atoms with Gasteiger partial charge in [0.2, 0.25) is 0 Å². The van der Waals surface area contributed by atoms with Crippen LogP contribution in [0.25, 0.3) is 0 Å². The Morgan fingerprint density at radius 1 is 1.16 bits per heavy atom. The van der Waals surface area contributed by atoms with Gasteiger partial charge in [0.15, 0.2) is 0 Å². The van der Waals surface area contributed by atoms with E-state index in [-0.39, 0.29) is 36.2 Å². The summed E-state index contributed by atoms with van der Waals surface area (Å²) in [6.45, 7) is 1.30. The predicted octanol–water partition coefficient (Wildman–Crippen LogP) is 2.92. The monoisotopic (exact) mass is 348 g/mol. The third-order valence-corrected chi connectivity index (χ3v) is 5.76. The van der Waals surface area contributed by atoms with E-state index in [2.05, 4.69) is 0 Å². The van der Waals surface area contributed by atoms with Crippen LogP contribution >= 0.6 is 0 Å². The van der Waals surface area contributed by atoms with Gasteiger partial charge in [-0.05, 0) is 50.7 Å². The van der Waals surface area contributed by atoms with E-state index >= 15 is 0 Å². The van der Waals surface area contributed by atoms with Gasteiger partial charge in [-0.15, -0.1) is 0 Å². The van der Waals surface area contributed by atoms with Gasteiger partial charge in [0.05, 0.1) is 18.3 Å². The van der Waals surface area contributed by atoms with Gasteiger partial charge in [-0.1, -0.05) is 12.1 Å². The highest BCUT2D eigenvalue weighted by Crippen LogP contribution is 2.36. The number of piperidine rings is 2. The zero-order valence-corrected chi connectivity index (χ0v) is 14.3. The van der Waals surface area contributed by atoms with Crippen molar-refractivity contribution in [1.82, 2.24) is 4.90 Å². The van der Waals surface area contributed by atoms with Crippen molar-refractivity contribution in [3.63, 3.8) is 0 Å². The number of carbonyl (C=O) groups is 1. The lowest BCUT2D eigenvalue weighted by Crippen LogP contribution is -2.50. The van der Waals surface area contributed by atoms with Crippen molar-refractivity contribution >= 4 is 11.8 Å². The minimum absolute atomic E-state index is 0.104. The number of anilines is 1. The number of hydrogen-bond acceptors (Lipinski definition) is 4. The molecule has 3 fully saturated rings. The molecule has 25 heavy (non-hydrogen) atoms. The minimum Gasteiger partial charge on any atom is -0.444 e. The van der Waals surface area contributed by atoms with E-state index in [0.717, 1.165) is 32.2 Å². The van der Waals surface area contributed by atoms with E-state index in [1.54, 1.807) is 12.1 Å². The molecule has 3 aliphatic rings. The summed E-state index contributed by atoms with van der Waals surface area (Å²) < 4.78 is 19.8. The lowest BCUT2D eigenvalue weighted by molar-refractivity contribution is 0.00640. The number of amides is 1. The largest absolute Gasteiger partial charge is 0.444 e. The number of para-hydroxylation sites is 1. The summed E-state index contributed by atoms with van der Waals surface area (Å²) in [5, 5.41) is 9.88.